The van der Waals surface area contributed by atoms with Crippen molar-refractivity contribution in [2.75, 3.05) is 13.1 Å². The van der Waals surface area contributed by atoms with E-state index in [1.54, 1.807) is 0 Å². The highest BCUT2D eigenvalue weighted by atomic mass is 16.6. The topological polar surface area (TPSA) is 67.4 Å². The second-order valence-electron chi connectivity index (χ2n) is 7.96. The van der Waals surface area contributed by atoms with Gasteiger partial charge in [-0.2, -0.15) is 0 Å². The van der Waals surface area contributed by atoms with E-state index in [2.05, 4.69) is 21.3 Å². The van der Waals surface area contributed by atoms with Crippen LogP contribution in [0.2, 0.25) is 0 Å². The van der Waals surface area contributed by atoms with Gasteiger partial charge in [0, 0.05) is 23.7 Å². The van der Waals surface area contributed by atoms with Gasteiger partial charge >= 0.3 is 6.09 Å². The molecular formula is C20H28N4O2. The molecular weight excluding hydrogens is 328 g/mol. The van der Waals surface area contributed by atoms with Crippen LogP contribution in [0.25, 0.3) is 10.9 Å². The first-order chi connectivity index (χ1) is 12.3. The second-order valence-corrected chi connectivity index (χ2v) is 7.96. The largest absolute Gasteiger partial charge is 0.444 e. The molecule has 1 N–H and O–H groups in total. The molecule has 0 aliphatic carbocycles. The Morgan fingerprint density at radius 2 is 2.08 bits per heavy atom. The van der Waals surface area contributed by atoms with Crippen LogP contribution in [0, 0.1) is 6.92 Å². The maximum Gasteiger partial charge on any atom is 0.407 e. The van der Waals surface area contributed by atoms with E-state index in [9.17, 15) is 4.79 Å². The van der Waals surface area contributed by atoms with E-state index in [0.29, 0.717) is 6.54 Å². The van der Waals surface area contributed by atoms with Gasteiger partial charge in [-0.25, -0.2) is 14.8 Å². The van der Waals surface area contributed by atoms with Crippen molar-refractivity contribution in [1.29, 1.82) is 0 Å². The quantitative estimate of drug-likeness (QED) is 0.913. The number of ether oxygens (including phenoxy) is 1. The summed E-state index contributed by atoms with van der Waals surface area (Å²) < 4.78 is 5.36. The first-order valence-corrected chi connectivity index (χ1v) is 9.24. The molecule has 1 aliphatic rings. The minimum atomic E-state index is -0.477. The summed E-state index contributed by atoms with van der Waals surface area (Å²) in [6.07, 6.45) is 1.66. The molecule has 0 unspecified atom stereocenters. The van der Waals surface area contributed by atoms with Gasteiger partial charge in [-0.05, 0) is 53.1 Å². The monoisotopic (exact) mass is 356 g/mol. The van der Waals surface area contributed by atoms with E-state index in [4.69, 9.17) is 9.72 Å². The van der Waals surface area contributed by atoms with Crippen molar-refractivity contribution in [2.45, 2.75) is 58.7 Å². The number of benzene rings is 1. The number of carbonyl (C=O) groups excluding carboxylic acids is 1. The molecule has 3 rings (SSSR count). The molecule has 2 aromatic rings. The fourth-order valence-electron chi connectivity index (χ4n) is 3.36. The van der Waals surface area contributed by atoms with Gasteiger partial charge < -0.3 is 10.1 Å². The number of hydrogen-bond acceptors (Lipinski definition) is 5. The number of aryl methyl sites for hydroxylation is 1. The number of piperidine rings is 1. The number of alkyl carbamates (subject to hydrolysis) is 1. The highest BCUT2D eigenvalue weighted by molar-refractivity contribution is 5.80. The highest BCUT2D eigenvalue weighted by Gasteiger charge is 2.24. The van der Waals surface area contributed by atoms with E-state index in [-0.39, 0.29) is 12.1 Å². The number of aromatic nitrogens is 2. The SMILES string of the molecule is Cc1nc(CN2CCC[C@@H](NC(=O)OC(C)(C)C)C2)nc2ccccc12. The van der Waals surface area contributed by atoms with Crippen LogP contribution >= 0.6 is 0 Å². The van der Waals surface area contributed by atoms with Crippen molar-refractivity contribution in [2.24, 2.45) is 0 Å². The smallest absolute Gasteiger partial charge is 0.407 e. The molecule has 0 radical (unpaired) electrons. The van der Waals surface area contributed by atoms with Crippen molar-refractivity contribution in [3.05, 3.63) is 35.8 Å². The molecule has 0 spiro atoms. The lowest BCUT2D eigenvalue weighted by molar-refractivity contribution is 0.0469. The summed E-state index contributed by atoms with van der Waals surface area (Å²) in [5.41, 5.74) is 1.51. The highest BCUT2D eigenvalue weighted by Crippen LogP contribution is 2.17. The molecule has 1 atom stereocenters. The molecule has 1 aliphatic heterocycles. The van der Waals surface area contributed by atoms with Crippen molar-refractivity contribution in [3.63, 3.8) is 0 Å². The Balaban J connectivity index is 1.62. The van der Waals surface area contributed by atoms with Crippen LogP contribution in [-0.4, -0.2) is 45.7 Å². The molecule has 1 aromatic heterocycles. The third kappa shape index (κ3) is 4.91. The third-order valence-corrected chi connectivity index (χ3v) is 4.43. The van der Waals surface area contributed by atoms with Gasteiger partial charge in [0.15, 0.2) is 0 Å². The summed E-state index contributed by atoms with van der Waals surface area (Å²) >= 11 is 0. The molecule has 6 nitrogen and oxygen atoms in total. The summed E-state index contributed by atoms with van der Waals surface area (Å²) in [6, 6.07) is 8.18. The van der Waals surface area contributed by atoms with Gasteiger partial charge in [0.2, 0.25) is 0 Å². The molecule has 26 heavy (non-hydrogen) atoms. The first-order valence-electron chi connectivity index (χ1n) is 9.24. The molecule has 1 fully saturated rings. The minimum Gasteiger partial charge on any atom is -0.444 e. The van der Waals surface area contributed by atoms with Gasteiger partial charge in [0.05, 0.1) is 12.1 Å². The first kappa shape index (κ1) is 18.6. The van der Waals surface area contributed by atoms with Gasteiger partial charge in [0.1, 0.15) is 11.4 Å². The standard InChI is InChI=1S/C20H28N4O2/c1-14-16-9-5-6-10-17(16)23-18(21-14)13-24-11-7-8-15(12-24)22-19(25)26-20(2,3)4/h5-6,9-10,15H,7-8,11-13H2,1-4H3,(H,22,25)/t15-/m1/s1. The Kier molecular flexibility index (Phi) is 5.41. The summed E-state index contributed by atoms with van der Waals surface area (Å²) in [7, 11) is 0. The lowest BCUT2D eigenvalue weighted by Gasteiger charge is -2.33. The number of nitrogens with zero attached hydrogens (tertiary/aromatic N) is 3. The Morgan fingerprint density at radius 3 is 2.85 bits per heavy atom. The number of carbonyl (C=O) groups is 1. The zero-order valence-electron chi connectivity index (χ0n) is 16.1. The number of fused-ring (bicyclic) bond motifs is 1. The summed E-state index contributed by atoms with van der Waals surface area (Å²) in [5.74, 6) is 0.833. The number of rotatable bonds is 3. The summed E-state index contributed by atoms with van der Waals surface area (Å²) in [5, 5.41) is 4.09. The molecule has 1 saturated heterocycles. The van der Waals surface area contributed by atoms with Crippen molar-refractivity contribution in [1.82, 2.24) is 20.2 Å². The molecule has 0 bridgehead atoms. The molecule has 140 valence electrons. The minimum absolute atomic E-state index is 0.0974. The van der Waals surface area contributed by atoms with Crippen LogP contribution in [0.1, 0.15) is 45.1 Å². The number of amides is 1. The number of para-hydroxylation sites is 1. The lowest BCUT2D eigenvalue weighted by Crippen LogP contribution is -2.48. The van der Waals surface area contributed by atoms with Crippen molar-refractivity contribution >= 4 is 17.0 Å². The van der Waals surface area contributed by atoms with Crippen molar-refractivity contribution < 1.29 is 9.53 Å². The predicted molar refractivity (Wildman–Crippen MR) is 102 cm³/mol. The van der Waals surface area contributed by atoms with E-state index < -0.39 is 5.60 Å². The van der Waals surface area contributed by atoms with Crippen LogP contribution in [0.3, 0.4) is 0 Å². The van der Waals surface area contributed by atoms with Gasteiger partial charge in [-0.15, -0.1) is 0 Å². The fourth-order valence-corrected chi connectivity index (χ4v) is 3.36. The van der Waals surface area contributed by atoms with Crippen LogP contribution in [0.4, 0.5) is 4.79 Å². The Bertz CT molecular complexity index is 785. The molecule has 2 heterocycles. The van der Waals surface area contributed by atoms with Gasteiger partial charge in [0.25, 0.3) is 0 Å². The number of nitrogens with one attached hydrogen (secondary N) is 1. The van der Waals surface area contributed by atoms with E-state index >= 15 is 0 Å². The predicted octanol–water partition coefficient (Wildman–Crippen LogP) is 3.43. The third-order valence-electron chi connectivity index (χ3n) is 4.43. The zero-order chi connectivity index (χ0) is 18.7. The molecule has 1 aromatic carbocycles. The van der Waals surface area contributed by atoms with Crippen LogP contribution in [0.5, 0.6) is 0 Å². The maximum absolute atomic E-state index is 12.0. The van der Waals surface area contributed by atoms with Crippen LogP contribution in [-0.2, 0) is 11.3 Å². The van der Waals surface area contributed by atoms with Crippen LogP contribution < -0.4 is 5.32 Å². The van der Waals surface area contributed by atoms with E-state index in [0.717, 1.165) is 48.4 Å². The van der Waals surface area contributed by atoms with Gasteiger partial charge in [-0.3, -0.25) is 4.90 Å². The van der Waals surface area contributed by atoms with E-state index in [1.165, 1.54) is 0 Å². The maximum atomic E-state index is 12.0. The average Bonchev–Trinajstić information content (AvgIpc) is 2.53. The van der Waals surface area contributed by atoms with Crippen molar-refractivity contribution in [3.8, 4) is 0 Å². The van der Waals surface area contributed by atoms with E-state index in [1.807, 2.05) is 45.9 Å². The second kappa shape index (κ2) is 7.58. The molecule has 1 amide bonds. The molecule has 6 heteroatoms. The summed E-state index contributed by atoms with van der Waals surface area (Å²) in [6.45, 7) is 10.1. The lowest BCUT2D eigenvalue weighted by atomic mass is 10.1. The van der Waals surface area contributed by atoms with Gasteiger partial charge in [-0.1, -0.05) is 18.2 Å². The summed E-state index contributed by atoms with van der Waals surface area (Å²) in [4.78, 5) is 23.7. The zero-order valence-corrected chi connectivity index (χ0v) is 16.1. The normalized spacial score (nSPS) is 18.7. The Labute approximate surface area is 155 Å². The fraction of sp³-hybridized carbons (Fsp3) is 0.550. The Hall–Kier alpha value is -2.21. The molecule has 0 saturated carbocycles. The average molecular weight is 356 g/mol. The number of hydrogen-bond donors (Lipinski definition) is 1. The Morgan fingerprint density at radius 1 is 1.31 bits per heavy atom. The van der Waals surface area contributed by atoms with Crippen LogP contribution in [0.15, 0.2) is 24.3 Å². The number of likely N-dealkylation sites (tertiary alicyclic amines) is 1.